The Balaban J connectivity index is 1.23. The maximum atomic E-state index is 13.2. The number of sulfonamides is 1. The average molecular weight is 610 g/mol. The van der Waals surface area contributed by atoms with Crippen LogP contribution in [0, 0.1) is 12.8 Å². The number of nitrogens with one attached hydrogen (secondary N) is 3. The van der Waals surface area contributed by atoms with Gasteiger partial charge in [-0.1, -0.05) is 49.4 Å². The number of benzene rings is 2. The summed E-state index contributed by atoms with van der Waals surface area (Å²) in [5.74, 6) is -0.489. The fourth-order valence-corrected chi connectivity index (χ4v) is 6.18. The van der Waals surface area contributed by atoms with Crippen molar-refractivity contribution in [1.29, 1.82) is 0 Å². The molecule has 12 heteroatoms. The fourth-order valence-electron chi connectivity index (χ4n) is 5.03. The first kappa shape index (κ1) is 31.9. The number of rotatable bonds is 12. The lowest BCUT2D eigenvalue weighted by Crippen LogP contribution is -2.55. The summed E-state index contributed by atoms with van der Waals surface area (Å²) >= 11 is 0. The Morgan fingerprint density at radius 3 is 2.53 bits per heavy atom. The molecule has 1 unspecified atom stereocenters. The Labute approximate surface area is 252 Å². The summed E-state index contributed by atoms with van der Waals surface area (Å²) in [5, 5.41) is 6.28. The molecule has 0 spiro atoms. The van der Waals surface area contributed by atoms with Gasteiger partial charge in [0.05, 0.1) is 12.1 Å². The lowest BCUT2D eigenvalue weighted by atomic mass is 9.91. The molecule has 3 N–H and O–H groups in total. The summed E-state index contributed by atoms with van der Waals surface area (Å²) < 4.78 is 33.8. The Morgan fingerprint density at radius 2 is 1.77 bits per heavy atom. The van der Waals surface area contributed by atoms with Crippen LogP contribution in [-0.2, 0) is 31.0 Å². The van der Waals surface area contributed by atoms with Crippen molar-refractivity contribution in [2.45, 2.75) is 57.1 Å². The zero-order valence-electron chi connectivity index (χ0n) is 24.5. The third kappa shape index (κ3) is 8.98. The van der Waals surface area contributed by atoms with E-state index in [1.165, 1.54) is 11.0 Å². The third-order valence-corrected chi connectivity index (χ3v) is 8.82. The highest BCUT2D eigenvalue weighted by Crippen LogP contribution is 2.24. The number of fused-ring (bicyclic) bond motifs is 1. The second kappa shape index (κ2) is 14.9. The van der Waals surface area contributed by atoms with Crippen molar-refractivity contribution in [2.75, 3.05) is 26.2 Å². The minimum Gasteiger partial charge on any atom is -0.445 e. The van der Waals surface area contributed by atoms with Gasteiger partial charge < -0.3 is 20.3 Å². The zero-order chi connectivity index (χ0) is 30.8. The van der Waals surface area contributed by atoms with Crippen LogP contribution in [0.1, 0.15) is 43.7 Å². The predicted octanol–water partition coefficient (Wildman–Crippen LogP) is 3.27. The lowest BCUT2D eigenvalue weighted by molar-refractivity contribution is -0.142. The smallest absolute Gasteiger partial charge is 0.407 e. The molecule has 0 radical (unpaired) electrons. The molecular weight excluding hydrogens is 570 g/mol. The summed E-state index contributed by atoms with van der Waals surface area (Å²) in [6, 6.07) is 15.4. The molecule has 1 fully saturated rings. The fraction of sp³-hybridized carbons (Fsp3) is 0.419. The highest BCUT2D eigenvalue weighted by Gasteiger charge is 2.35. The number of para-hydroxylation sites is 1. The van der Waals surface area contributed by atoms with E-state index in [-0.39, 0.29) is 23.3 Å². The van der Waals surface area contributed by atoms with Gasteiger partial charge in [0, 0.05) is 31.2 Å². The van der Waals surface area contributed by atoms with Crippen molar-refractivity contribution in [2.24, 2.45) is 5.92 Å². The Bertz CT molecular complexity index is 1530. The first-order valence-electron chi connectivity index (χ1n) is 14.5. The number of carbonyl (C=O) groups excluding carboxylic acids is 3. The zero-order valence-corrected chi connectivity index (χ0v) is 25.4. The molecule has 3 amide bonds. The number of unbranched alkanes of at least 4 members (excludes halogenated alkanes) is 1. The molecule has 2 atom stereocenters. The molecule has 1 aliphatic rings. The number of pyridine rings is 1. The van der Waals surface area contributed by atoms with Crippen LogP contribution in [0.15, 0.2) is 65.7 Å². The van der Waals surface area contributed by atoms with E-state index in [9.17, 15) is 22.8 Å². The quantitative estimate of drug-likeness (QED) is 0.267. The highest BCUT2D eigenvalue weighted by molar-refractivity contribution is 7.89. The molecule has 2 aromatic carbocycles. The average Bonchev–Trinajstić information content (AvgIpc) is 3.00. The second-order valence-electron chi connectivity index (χ2n) is 10.9. The van der Waals surface area contributed by atoms with Crippen molar-refractivity contribution in [1.82, 2.24) is 25.2 Å². The summed E-state index contributed by atoms with van der Waals surface area (Å²) in [4.78, 5) is 43.9. The van der Waals surface area contributed by atoms with E-state index in [0.717, 1.165) is 17.5 Å². The van der Waals surface area contributed by atoms with E-state index in [4.69, 9.17) is 4.74 Å². The van der Waals surface area contributed by atoms with Gasteiger partial charge in [-0.3, -0.25) is 14.6 Å². The molecule has 230 valence electrons. The minimum absolute atomic E-state index is 0.00157. The number of piperidine rings is 1. The molecule has 0 saturated carbocycles. The SMILES string of the molecule is Cc1cnc2c(S(=O)(=O)NCC(=O)N3CCC(C)C[C@H]3C(=O)NCCCCNC(=O)OCc3ccccc3)cccc2c1. The van der Waals surface area contributed by atoms with E-state index in [2.05, 4.69) is 20.3 Å². The predicted molar refractivity (Wildman–Crippen MR) is 162 cm³/mol. The van der Waals surface area contributed by atoms with Gasteiger partial charge >= 0.3 is 6.09 Å². The number of ether oxygens (including phenoxy) is 1. The van der Waals surface area contributed by atoms with Crippen LogP contribution >= 0.6 is 0 Å². The normalized spacial score (nSPS) is 16.9. The van der Waals surface area contributed by atoms with Crippen molar-refractivity contribution < 1.29 is 27.5 Å². The van der Waals surface area contributed by atoms with Gasteiger partial charge in [-0.25, -0.2) is 17.9 Å². The summed E-state index contributed by atoms with van der Waals surface area (Å²) in [6.07, 6.45) is 3.57. The number of likely N-dealkylation sites (tertiary alicyclic amines) is 1. The van der Waals surface area contributed by atoms with Gasteiger partial charge in [-0.2, -0.15) is 0 Å². The molecule has 11 nitrogen and oxygen atoms in total. The largest absolute Gasteiger partial charge is 0.445 e. The molecule has 1 aliphatic heterocycles. The van der Waals surface area contributed by atoms with E-state index < -0.39 is 34.6 Å². The first-order chi connectivity index (χ1) is 20.6. The second-order valence-corrected chi connectivity index (χ2v) is 12.6. The van der Waals surface area contributed by atoms with Crippen LogP contribution in [-0.4, -0.2) is 68.4 Å². The molecule has 4 rings (SSSR count). The highest BCUT2D eigenvalue weighted by atomic mass is 32.2. The van der Waals surface area contributed by atoms with E-state index in [1.54, 1.807) is 18.3 Å². The van der Waals surface area contributed by atoms with Crippen LogP contribution in [0.3, 0.4) is 0 Å². The van der Waals surface area contributed by atoms with Crippen LogP contribution in [0.4, 0.5) is 4.79 Å². The van der Waals surface area contributed by atoms with Crippen LogP contribution in [0.25, 0.3) is 10.9 Å². The molecule has 43 heavy (non-hydrogen) atoms. The van der Waals surface area contributed by atoms with Crippen molar-refractivity contribution in [3.8, 4) is 0 Å². The van der Waals surface area contributed by atoms with Crippen molar-refractivity contribution in [3.05, 3.63) is 71.9 Å². The first-order valence-corrected chi connectivity index (χ1v) is 16.0. The number of carbonyl (C=O) groups is 3. The summed E-state index contributed by atoms with van der Waals surface area (Å²) in [6.45, 7) is 4.79. The maximum Gasteiger partial charge on any atom is 0.407 e. The maximum absolute atomic E-state index is 13.2. The Hall–Kier alpha value is -4.03. The lowest BCUT2D eigenvalue weighted by Gasteiger charge is -2.37. The minimum atomic E-state index is -4.03. The van der Waals surface area contributed by atoms with Crippen molar-refractivity contribution >= 4 is 38.8 Å². The topological polar surface area (TPSA) is 147 Å². The van der Waals surface area contributed by atoms with E-state index in [0.29, 0.717) is 49.8 Å². The standard InChI is InChI=1S/C31H39N5O6S/c1-22-13-16-36(28(37)20-35-43(40,41)27-12-8-11-25-17-23(2)19-34-29(25)27)26(18-22)30(38)32-14-6-7-15-33-31(39)42-21-24-9-4-3-5-10-24/h3-5,8-12,17,19,22,26,35H,6-7,13-16,18,20-21H2,1-2H3,(H,32,38)(H,33,39)/t22?,26-/m0/s1. The monoisotopic (exact) mass is 609 g/mol. The summed E-state index contributed by atoms with van der Waals surface area (Å²) in [5.41, 5.74) is 2.14. The third-order valence-electron chi connectivity index (χ3n) is 7.39. The Kier molecular flexibility index (Phi) is 11.1. The van der Waals surface area contributed by atoms with Gasteiger partial charge in [-0.15, -0.1) is 0 Å². The molecular formula is C31H39N5O6S. The van der Waals surface area contributed by atoms with Crippen molar-refractivity contribution in [3.63, 3.8) is 0 Å². The number of alkyl carbamates (subject to hydrolysis) is 1. The molecule has 0 bridgehead atoms. The van der Waals surface area contributed by atoms with Gasteiger partial charge in [-0.05, 0) is 61.8 Å². The molecule has 0 aliphatic carbocycles. The molecule has 3 aromatic rings. The van der Waals surface area contributed by atoms with Gasteiger partial charge in [0.15, 0.2) is 0 Å². The molecule has 1 saturated heterocycles. The van der Waals surface area contributed by atoms with Crippen LogP contribution in [0.5, 0.6) is 0 Å². The van der Waals surface area contributed by atoms with Gasteiger partial charge in [0.2, 0.25) is 21.8 Å². The van der Waals surface area contributed by atoms with Gasteiger partial charge in [0.25, 0.3) is 0 Å². The number of hydrogen-bond acceptors (Lipinski definition) is 7. The van der Waals surface area contributed by atoms with Crippen LogP contribution < -0.4 is 15.4 Å². The van der Waals surface area contributed by atoms with Crippen LogP contribution in [0.2, 0.25) is 0 Å². The number of amides is 3. The number of hydrogen-bond donors (Lipinski definition) is 3. The number of aromatic nitrogens is 1. The van der Waals surface area contributed by atoms with E-state index in [1.807, 2.05) is 50.2 Å². The molecule has 1 aromatic heterocycles. The molecule has 2 heterocycles. The van der Waals surface area contributed by atoms with Gasteiger partial charge in [0.1, 0.15) is 17.5 Å². The summed E-state index contributed by atoms with van der Waals surface area (Å²) in [7, 11) is -4.03. The number of aryl methyl sites for hydroxylation is 1. The number of nitrogens with zero attached hydrogens (tertiary/aromatic N) is 2. The van der Waals surface area contributed by atoms with E-state index >= 15 is 0 Å². The Morgan fingerprint density at radius 1 is 1.02 bits per heavy atom.